The topological polar surface area (TPSA) is 99.1 Å². The molecule has 118 valence electrons. The lowest BCUT2D eigenvalue weighted by Gasteiger charge is -2.14. The fourth-order valence-electron chi connectivity index (χ4n) is 2.07. The largest absolute Gasteiger partial charge is 0.502 e. The first-order valence-electron chi connectivity index (χ1n) is 6.51. The number of carbonyl (C=O) groups is 1. The van der Waals surface area contributed by atoms with Gasteiger partial charge in [0.15, 0.2) is 5.76 Å². The third-order valence-electron chi connectivity index (χ3n) is 3.09. The molecule has 7 heteroatoms. The molecule has 0 aliphatic heterocycles. The summed E-state index contributed by atoms with van der Waals surface area (Å²) in [5.74, 6) is -1.31. The summed E-state index contributed by atoms with van der Waals surface area (Å²) in [4.78, 5) is 23.5. The molecule has 2 aromatic heterocycles. The van der Waals surface area contributed by atoms with E-state index in [1.807, 2.05) is 0 Å². The molecule has 1 N–H and O–H groups in total. The van der Waals surface area contributed by atoms with Gasteiger partial charge in [-0.2, -0.15) is 0 Å². The Kier molecular flexibility index (Phi) is 5.00. The number of esters is 1. The van der Waals surface area contributed by atoms with Crippen LogP contribution in [0.4, 0.5) is 0 Å². The van der Waals surface area contributed by atoms with E-state index in [2.05, 4.69) is 4.74 Å². The molecule has 7 nitrogen and oxygen atoms in total. The first kappa shape index (κ1) is 15.8. The predicted octanol–water partition coefficient (Wildman–Crippen LogP) is 1.78. The standard InChI is InChI=1S/C15H16O7/c1-19-8-9-6-11(16)14(18)15(22-9)10(7-13(17)20-2)12-4-3-5-21-12/h3-6,10,18H,7-8H2,1-2H3/t10-/m0/s1. The third-order valence-corrected chi connectivity index (χ3v) is 3.09. The average molecular weight is 308 g/mol. The van der Waals surface area contributed by atoms with Gasteiger partial charge in [0.2, 0.25) is 11.2 Å². The Morgan fingerprint density at radius 1 is 1.41 bits per heavy atom. The molecule has 22 heavy (non-hydrogen) atoms. The Morgan fingerprint density at radius 3 is 2.77 bits per heavy atom. The highest BCUT2D eigenvalue weighted by molar-refractivity contribution is 5.71. The van der Waals surface area contributed by atoms with Crippen molar-refractivity contribution in [1.29, 1.82) is 0 Å². The first-order valence-corrected chi connectivity index (χ1v) is 6.51. The molecule has 0 bridgehead atoms. The fourth-order valence-corrected chi connectivity index (χ4v) is 2.07. The highest BCUT2D eigenvalue weighted by atomic mass is 16.5. The molecule has 0 fully saturated rings. The quantitative estimate of drug-likeness (QED) is 0.812. The van der Waals surface area contributed by atoms with Crippen molar-refractivity contribution in [2.45, 2.75) is 18.9 Å². The Morgan fingerprint density at radius 2 is 2.18 bits per heavy atom. The second-order valence-electron chi connectivity index (χ2n) is 4.57. The zero-order valence-corrected chi connectivity index (χ0v) is 12.2. The summed E-state index contributed by atoms with van der Waals surface area (Å²) in [5, 5.41) is 10.0. The van der Waals surface area contributed by atoms with Crippen molar-refractivity contribution in [2.24, 2.45) is 0 Å². The van der Waals surface area contributed by atoms with Gasteiger partial charge in [-0.1, -0.05) is 0 Å². The second-order valence-corrected chi connectivity index (χ2v) is 4.57. The van der Waals surface area contributed by atoms with E-state index in [0.717, 1.165) is 6.07 Å². The summed E-state index contributed by atoms with van der Waals surface area (Å²) in [6.07, 6.45) is 1.28. The predicted molar refractivity (Wildman–Crippen MR) is 74.5 cm³/mol. The van der Waals surface area contributed by atoms with Crippen LogP contribution in [0.15, 0.2) is 38.1 Å². The Balaban J connectivity index is 2.51. The van der Waals surface area contributed by atoms with Gasteiger partial charge in [-0.25, -0.2) is 0 Å². The molecule has 2 heterocycles. The molecule has 0 spiro atoms. The minimum Gasteiger partial charge on any atom is -0.502 e. The maximum Gasteiger partial charge on any atom is 0.306 e. The molecular weight excluding hydrogens is 292 g/mol. The highest BCUT2D eigenvalue weighted by Gasteiger charge is 2.28. The second kappa shape index (κ2) is 6.95. The molecule has 0 saturated carbocycles. The van der Waals surface area contributed by atoms with E-state index in [9.17, 15) is 14.7 Å². The summed E-state index contributed by atoms with van der Waals surface area (Å²) >= 11 is 0. The Bertz CT molecular complexity index is 684. The number of hydrogen-bond acceptors (Lipinski definition) is 7. The van der Waals surface area contributed by atoms with Crippen molar-refractivity contribution in [1.82, 2.24) is 0 Å². The number of methoxy groups -OCH3 is 2. The van der Waals surface area contributed by atoms with Crippen LogP contribution < -0.4 is 5.43 Å². The van der Waals surface area contributed by atoms with E-state index < -0.39 is 23.1 Å². The van der Waals surface area contributed by atoms with Crippen LogP contribution in [0.5, 0.6) is 5.75 Å². The lowest BCUT2D eigenvalue weighted by atomic mass is 9.98. The monoisotopic (exact) mass is 308 g/mol. The maximum atomic E-state index is 11.9. The summed E-state index contributed by atoms with van der Waals surface area (Å²) < 4.78 is 20.4. The zero-order valence-electron chi connectivity index (χ0n) is 12.2. The van der Waals surface area contributed by atoms with Crippen molar-refractivity contribution in [3.63, 3.8) is 0 Å². The first-order chi connectivity index (χ1) is 10.6. The SMILES string of the molecule is COCc1cc(=O)c(O)c([C@@H](CC(=O)OC)c2ccco2)o1. The molecule has 0 unspecified atom stereocenters. The van der Waals surface area contributed by atoms with Gasteiger partial charge in [-0.3, -0.25) is 9.59 Å². The summed E-state index contributed by atoms with van der Waals surface area (Å²) in [5.41, 5.74) is -0.616. The molecule has 2 rings (SSSR count). The Labute approximate surface area is 126 Å². The highest BCUT2D eigenvalue weighted by Crippen LogP contribution is 2.33. The number of hydrogen-bond donors (Lipinski definition) is 1. The molecule has 0 saturated heterocycles. The number of carbonyl (C=O) groups excluding carboxylic acids is 1. The van der Waals surface area contributed by atoms with Crippen molar-refractivity contribution in [2.75, 3.05) is 14.2 Å². The van der Waals surface area contributed by atoms with Crippen LogP contribution in [0.1, 0.15) is 29.6 Å². The van der Waals surface area contributed by atoms with Crippen LogP contribution in [0, 0.1) is 0 Å². The molecule has 0 aromatic carbocycles. The van der Waals surface area contributed by atoms with E-state index in [4.69, 9.17) is 13.6 Å². The van der Waals surface area contributed by atoms with Crippen LogP contribution in [0.25, 0.3) is 0 Å². The minimum absolute atomic E-state index is 0.0556. The zero-order chi connectivity index (χ0) is 16.1. The van der Waals surface area contributed by atoms with Gasteiger partial charge in [-0.05, 0) is 12.1 Å². The van der Waals surface area contributed by atoms with Crippen LogP contribution in [0.3, 0.4) is 0 Å². The molecular formula is C15H16O7. The van der Waals surface area contributed by atoms with Crippen molar-refractivity contribution in [3.8, 4) is 5.75 Å². The lowest BCUT2D eigenvalue weighted by Crippen LogP contribution is -2.13. The van der Waals surface area contributed by atoms with Crippen LogP contribution >= 0.6 is 0 Å². The van der Waals surface area contributed by atoms with Gasteiger partial charge in [0.25, 0.3) is 0 Å². The van der Waals surface area contributed by atoms with Gasteiger partial charge in [-0.15, -0.1) is 0 Å². The number of rotatable bonds is 6. The maximum absolute atomic E-state index is 11.9. The minimum atomic E-state index is -0.771. The molecule has 2 aromatic rings. The molecule has 0 aliphatic rings. The van der Waals surface area contributed by atoms with Crippen LogP contribution in [-0.2, 0) is 20.9 Å². The van der Waals surface area contributed by atoms with Gasteiger partial charge in [0.1, 0.15) is 18.1 Å². The van der Waals surface area contributed by atoms with Gasteiger partial charge >= 0.3 is 5.97 Å². The fraction of sp³-hybridized carbons (Fsp3) is 0.333. The molecule has 1 atom stereocenters. The van der Waals surface area contributed by atoms with Crippen LogP contribution in [0.2, 0.25) is 0 Å². The molecule has 0 radical (unpaired) electrons. The lowest BCUT2D eigenvalue weighted by molar-refractivity contribution is -0.141. The third kappa shape index (κ3) is 3.37. The van der Waals surface area contributed by atoms with E-state index >= 15 is 0 Å². The summed E-state index contributed by atoms with van der Waals surface area (Å²) in [6, 6.07) is 4.39. The van der Waals surface area contributed by atoms with E-state index in [1.165, 1.54) is 20.5 Å². The van der Waals surface area contributed by atoms with Crippen molar-refractivity contribution in [3.05, 3.63) is 52.0 Å². The number of furan rings is 1. The van der Waals surface area contributed by atoms with Crippen molar-refractivity contribution < 1.29 is 28.2 Å². The van der Waals surface area contributed by atoms with E-state index in [-0.39, 0.29) is 24.5 Å². The smallest absolute Gasteiger partial charge is 0.306 e. The average Bonchev–Trinajstić information content (AvgIpc) is 3.02. The summed E-state index contributed by atoms with van der Waals surface area (Å²) in [6.45, 7) is 0.0611. The molecule has 0 amide bonds. The van der Waals surface area contributed by atoms with Crippen LogP contribution in [-0.4, -0.2) is 25.3 Å². The Hall–Kier alpha value is -2.54. The van der Waals surface area contributed by atoms with Crippen molar-refractivity contribution >= 4 is 5.97 Å². The molecule has 0 aliphatic carbocycles. The number of aromatic hydroxyl groups is 1. The number of ether oxygens (including phenoxy) is 2. The normalized spacial score (nSPS) is 12.1. The van der Waals surface area contributed by atoms with Gasteiger partial charge in [0.05, 0.1) is 25.7 Å². The van der Waals surface area contributed by atoms with Gasteiger partial charge in [0, 0.05) is 13.2 Å². The van der Waals surface area contributed by atoms with E-state index in [1.54, 1.807) is 12.1 Å². The van der Waals surface area contributed by atoms with E-state index in [0.29, 0.717) is 5.76 Å². The van der Waals surface area contributed by atoms with Gasteiger partial charge < -0.3 is 23.4 Å². The summed E-state index contributed by atoms with van der Waals surface area (Å²) in [7, 11) is 2.70.